The van der Waals surface area contributed by atoms with Gasteiger partial charge in [-0.1, -0.05) is 48.5 Å². The lowest BCUT2D eigenvalue weighted by atomic mass is 10.0. The van der Waals surface area contributed by atoms with E-state index in [-0.39, 0.29) is 12.2 Å². The molecule has 0 aliphatic rings. The summed E-state index contributed by atoms with van der Waals surface area (Å²) in [4.78, 5) is 0. The molecule has 0 heterocycles. The highest BCUT2D eigenvalue weighted by molar-refractivity contribution is 5.71. The van der Waals surface area contributed by atoms with Gasteiger partial charge >= 0.3 is 0 Å². The minimum atomic E-state index is -0.478. The first-order valence-corrected chi connectivity index (χ1v) is 12.5. The molecule has 0 aromatic heterocycles. The molecule has 0 radical (unpaired) electrons. The normalized spacial score (nSPS) is 14.6. The number of hydrogen-bond acceptors (Lipinski definition) is 6. The van der Waals surface area contributed by atoms with Crippen LogP contribution in [0.1, 0.15) is 27.7 Å². The largest absolute Gasteiger partial charge is 0.491 e. The summed E-state index contributed by atoms with van der Waals surface area (Å²) in [6.07, 6.45) is -1.14. The average molecular weight is 495 g/mol. The summed E-state index contributed by atoms with van der Waals surface area (Å²) in [5, 5.41) is 18.6. The molecule has 3 aromatic rings. The first-order valence-electron chi connectivity index (χ1n) is 12.5. The van der Waals surface area contributed by atoms with E-state index in [4.69, 9.17) is 18.9 Å². The Morgan fingerprint density at radius 3 is 1.03 bits per heavy atom. The maximum Gasteiger partial charge on any atom is 0.119 e. The summed E-state index contributed by atoms with van der Waals surface area (Å²) in [7, 11) is 0. The van der Waals surface area contributed by atoms with Gasteiger partial charge in [0.1, 0.15) is 24.7 Å². The van der Waals surface area contributed by atoms with Crippen molar-refractivity contribution in [2.75, 3.05) is 26.4 Å². The Balaban J connectivity index is 1.51. The van der Waals surface area contributed by atoms with Crippen LogP contribution < -0.4 is 9.47 Å². The molecule has 0 amide bonds. The molecule has 2 N–H and O–H groups in total. The summed E-state index contributed by atoms with van der Waals surface area (Å²) < 4.78 is 22.6. The molecular weight excluding hydrogens is 456 g/mol. The maximum atomic E-state index is 9.30. The third kappa shape index (κ3) is 9.28. The summed E-state index contributed by atoms with van der Waals surface area (Å²) >= 11 is 0. The van der Waals surface area contributed by atoms with E-state index in [9.17, 15) is 10.2 Å². The quantitative estimate of drug-likeness (QED) is 0.315. The Labute approximate surface area is 214 Å². The Kier molecular flexibility index (Phi) is 10.8. The number of benzene rings is 3. The fraction of sp³-hybridized carbons (Fsp3) is 0.400. The van der Waals surface area contributed by atoms with E-state index in [2.05, 4.69) is 24.3 Å². The van der Waals surface area contributed by atoms with E-state index in [0.29, 0.717) is 26.4 Å². The third-order valence-electron chi connectivity index (χ3n) is 5.47. The van der Waals surface area contributed by atoms with Crippen LogP contribution in [0.15, 0.2) is 72.8 Å². The highest BCUT2D eigenvalue weighted by atomic mass is 16.5. The summed E-state index contributed by atoms with van der Waals surface area (Å²) in [5.74, 6) is 1.57. The fourth-order valence-electron chi connectivity index (χ4n) is 3.47. The van der Waals surface area contributed by atoms with Gasteiger partial charge in [-0.3, -0.25) is 0 Å². The van der Waals surface area contributed by atoms with Crippen LogP contribution in [0.2, 0.25) is 0 Å². The van der Waals surface area contributed by atoms with E-state index in [1.165, 1.54) is 0 Å². The van der Waals surface area contributed by atoms with Gasteiger partial charge in [0.15, 0.2) is 0 Å². The van der Waals surface area contributed by atoms with Crippen molar-refractivity contribution in [2.45, 2.75) is 52.1 Å². The molecule has 0 bridgehead atoms. The molecule has 0 saturated carbocycles. The van der Waals surface area contributed by atoms with Crippen LogP contribution in [0, 0.1) is 0 Å². The summed E-state index contributed by atoms with van der Waals surface area (Å²) in [5.41, 5.74) is 4.49. The molecule has 0 spiro atoms. The molecule has 0 fully saturated rings. The lowest BCUT2D eigenvalue weighted by molar-refractivity contribution is -0.0132. The van der Waals surface area contributed by atoms with Gasteiger partial charge in [0.2, 0.25) is 0 Å². The molecule has 194 valence electrons. The molecule has 6 nitrogen and oxygen atoms in total. The van der Waals surface area contributed by atoms with Gasteiger partial charge in [0, 0.05) is 0 Å². The van der Waals surface area contributed by atoms with E-state index >= 15 is 0 Å². The first-order chi connectivity index (χ1) is 17.3. The molecule has 0 saturated heterocycles. The Morgan fingerprint density at radius 1 is 0.472 bits per heavy atom. The van der Waals surface area contributed by atoms with Gasteiger partial charge in [0.25, 0.3) is 0 Å². The monoisotopic (exact) mass is 494 g/mol. The van der Waals surface area contributed by atoms with Gasteiger partial charge in [-0.05, 0) is 74.2 Å². The molecule has 4 atom stereocenters. The zero-order valence-corrected chi connectivity index (χ0v) is 21.6. The maximum absolute atomic E-state index is 9.30. The minimum Gasteiger partial charge on any atom is -0.491 e. The number of rotatable bonds is 14. The zero-order valence-electron chi connectivity index (χ0n) is 21.6. The van der Waals surface area contributed by atoms with Crippen LogP contribution in [0.25, 0.3) is 22.3 Å². The van der Waals surface area contributed by atoms with Crippen molar-refractivity contribution < 1.29 is 29.2 Å². The molecule has 0 aliphatic carbocycles. The summed E-state index contributed by atoms with van der Waals surface area (Å²) in [6.45, 7) is 8.72. The predicted molar refractivity (Wildman–Crippen MR) is 142 cm³/mol. The van der Waals surface area contributed by atoms with Gasteiger partial charge in [-0.2, -0.15) is 0 Å². The standard InChI is InChI=1S/C30H38O6/c1-21(31)17-33-23(3)19-35-29-13-9-27(10-14-29)25-5-7-26(8-6-25)28-11-15-30(16-12-28)36-20-24(4)34-18-22(2)32/h5-16,21-24,31-32H,17-20H2,1-4H3. The number of aliphatic hydroxyl groups excluding tert-OH is 2. The number of hydrogen-bond donors (Lipinski definition) is 2. The zero-order chi connectivity index (χ0) is 25.9. The highest BCUT2D eigenvalue weighted by Crippen LogP contribution is 2.27. The molecule has 4 unspecified atom stereocenters. The molecule has 6 heteroatoms. The van der Waals surface area contributed by atoms with Crippen LogP contribution in [0.5, 0.6) is 11.5 Å². The van der Waals surface area contributed by atoms with E-state index in [1.54, 1.807) is 13.8 Å². The van der Waals surface area contributed by atoms with E-state index in [0.717, 1.165) is 33.8 Å². The number of aliphatic hydroxyl groups is 2. The summed E-state index contributed by atoms with van der Waals surface area (Å²) in [6, 6.07) is 24.5. The Bertz CT molecular complexity index is 928. The van der Waals surface area contributed by atoms with E-state index < -0.39 is 12.2 Å². The van der Waals surface area contributed by atoms with Crippen molar-refractivity contribution in [3.05, 3.63) is 72.8 Å². The van der Waals surface area contributed by atoms with Crippen molar-refractivity contribution in [2.24, 2.45) is 0 Å². The molecule has 36 heavy (non-hydrogen) atoms. The smallest absolute Gasteiger partial charge is 0.119 e. The van der Waals surface area contributed by atoms with Crippen LogP contribution in [0.3, 0.4) is 0 Å². The first kappa shape index (κ1) is 27.7. The van der Waals surface area contributed by atoms with Crippen LogP contribution >= 0.6 is 0 Å². The second kappa shape index (κ2) is 14.0. The lowest BCUT2D eigenvalue weighted by Crippen LogP contribution is -2.22. The van der Waals surface area contributed by atoms with Gasteiger partial charge in [0.05, 0.1) is 37.6 Å². The lowest BCUT2D eigenvalue weighted by Gasteiger charge is -2.15. The molecule has 3 aromatic carbocycles. The van der Waals surface area contributed by atoms with Gasteiger partial charge in [-0.25, -0.2) is 0 Å². The van der Waals surface area contributed by atoms with Crippen molar-refractivity contribution in [3.8, 4) is 33.8 Å². The Morgan fingerprint density at radius 2 is 0.750 bits per heavy atom. The predicted octanol–water partition coefficient (Wildman–Crippen LogP) is 5.35. The van der Waals surface area contributed by atoms with Crippen molar-refractivity contribution in [1.82, 2.24) is 0 Å². The van der Waals surface area contributed by atoms with Crippen molar-refractivity contribution >= 4 is 0 Å². The second-order valence-electron chi connectivity index (χ2n) is 9.23. The van der Waals surface area contributed by atoms with Gasteiger partial charge < -0.3 is 29.2 Å². The fourth-order valence-corrected chi connectivity index (χ4v) is 3.47. The average Bonchev–Trinajstić information content (AvgIpc) is 2.89. The van der Waals surface area contributed by atoms with E-state index in [1.807, 2.05) is 62.4 Å². The number of ether oxygens (including phenoxy) is 4. The van der Waals surface area contributed by atoms with Gasteiger partial charge in [-0.15, -0.1) is 0 Å². The van der Waals surface area contributed by atoms with Crippen LogP contribution in [-0.2, 0) is 9.47 Å². The van der Waals surface area contributed by atoms with Crippen molar-refractivity contribution in [1.29, 1.82) is 0 Å². The Hall–Kier alpha value is -2.90. The second-order valence-corrected chi connectivity index (χ2v) is 9.23. The minimum absolute atomic E-state index is 0.0918. The SMILES string of the molecule is CC(O)COC(C)COc1ccc(-c2ccc(-c3ccc(OCC(C)OCC(C)O)cc3)cc2)cc1. The van der Waals surface area contributed by atoms with Crippen LogP contribution in [0.4, 0.5) is 0 Å². The molecular formula is C30H38O6. The third-order valence-corrected chi connectivity index (χ3v) is 5.47. The topological polar surface area (TPSA) is 77.4 Å². The molecule has 3 rings (SSSR count). The highest BCUT2D eigenvalue weighted by Gasteiger charge is 2.08. The molecule has 0 aliphatic heterocycles. The van der Waals surface area contributed by atoms with Crippen LogP contribution in [-0.4, -0.2) is 61.1 Å². The van der Waals surface area contributed by atoms with Crippen molar-refractivity contribution in [3.63, 3.8) is 0 Å².